The summed E-state index contributed by atoms with van der Waals surface area (Å²) in [6.45, 7) is 0. The Morgan fingerprint density at radius 2 is 2.00 bits per heavy atom. The van der Waals surface area contributed by atoms with Crippen molar-refractivity contribution in [3.05, 3.63) is 54.2 Å². The van der Waals surface area contributed by atoms with Gasteiger partial charge in [0.05, 0.1) is 6.26 Å². The number of hydrogen-bond acceptors (Lipinski definition) is 4. The molecule has 22 heavy (non-hydrogen) atoms. The Morgan fingerprint density at radius 1 is 1.23 bits per heavy atom. The quantitative estimate of drug-likeness (QED) is 0.924. The van der Waals surface area contributed by atoms with Gasteiger partial charge < -0.3 is 14.4 Å². The minimum Gasteiger partial charge on any atom is -0.466 e. The van der Waals surface area contributed by atoms with Crippen molar-refractivity contribution >= 4 is 5.91 Å². The number of rotatable bonds is 2. The summed E-state index contributed by atoms with van der Waals surface area (Å²) in [6, 6.07) is 9.07. The lowest BCUT2D eigenvalue weighted by Crippen LogP contribution is -2.52. The number of piperidine rings is 1. The van der Waals surface area contributed by atoms with Crippen LogP contribution in [0.4, 0.5) is 0 Å². The van der Waals surface area contributed by atoms with Crippen molar-refractivity contribution in [3.63, 3.8) is 0 Å². The third-order valence-electron chi connectivity index (χ3n) is 4.86. The van der Waals surface area contributed by atoms with Crippen molar-refractivity contribution in [2.24, 2.45) is 0 Å². The molecule has 1 amide bonds. The number of hydrogen-bond donors (Lipinski definition) is 1. The number of fused-ring (bicyclic) bond motifs is 2. The molecular formula is C17H18N2O3. The summed E-state index contributed by atoms with van der Waals surface area (Å²) in [7, 11) is 0. The van der Waals surface area contributed by atoms with Gasteiger partial charge in [-0.25, -0.2) is 0 Å². The average molecular weight is 298 g/mol. The van der Waals surface area contributed by atoms with Crippen molar-refractivity contribution in [2.45, 2.75) is 43.4 Å². The smallest absolute Gasteiger partial charge is 0.272 e. The van der Waals surface area contributed by atoms with E-state index in [1.807, 2.05) is 17.0 Å². The summed E-state index contributed by atoms with van der Waals surface area (Å²) < 4.78 is 5.41. The Bertz CT molecular complexity index is 654. The molecule has 2 fully saturated rings. The van der Waals surface area contributed by atoms with Crippen LogP contribution in [0, 0.1) is 0 Å². The van der Waals surface area contributed by atoms with Gasteiger partial charge in [-0.15, -0.1) is 0 Å². The third kappa shape index (κ3) is 2.04. The first-order valence-corrected chi connectivity index (χ1v) is 7.67. The Hall–Kier alpha value is -2.14. The molecule has 114 valence electrons. The largest absolute Gasteiger partial charge is 0.466 e. The fourth-order valence-electron chi connectivity index (χ4n) is 3.92. The van der Waals surface area contributed by atoms with E-state index in [-0.39, 0.29) is 18.0 Å². The van der Waals surface area contributed by atoms with Crippen LogP contribution in [0.2, 0.25) is 0 Å². The maximum atomic E-state index is 12.7. The van der Waals surface area contributed by atoms with Gasteiger partial charge in [-0.2, -0.15) is 0 Å². The number of amides is 1. The monoisotopic (exact) mass is 298 g/mol. The molecule has 1 N–H and O–H groups in total. The minimum atomic E-state index is -0.962. The second-order valence-electron chi connectivity index (χ2n) is 6.23. The highest BCUT2D eigenvalue weighted by Gasteiger charge is 2.51. The molecular weight excluding hydrogens is 280 g/mol. The van der Waals surface area contributed by atoms with E-state index < -0.39 is 5.60 Å². The van der Waals surface area contributed by atoms with E-state index in [1.54, 1.807) is 30.7 Å². The van der Waals surface area contributed by atoms with Crippen molar-refractivity contribution in [3.8, 4) is 0 Å². The molecule has 0 spiro atoms. The molecule has 2 unspecified atom stereocenters. The Balaban J connectivity index is 1.60. The number of furan rings is 1. The summed E-state index contributed by atoms with van der Waals surface area (Å²) in [6.07, 6.45) is 6.11. The van der Waals surface area contributed by atoms with E-state index in [2.05, 4.69) is 4.98 Å². The van der Waals surface area contributed by atoms with Gasteiger partial charge in [-0.3, -0.25) is 9.78 Å². The number of aromatic nitrogens is 1. The van der Waals surface area contributed by atoms with Crippen LogP contribution in [-0.2, 0) is 5.60 Å². The number of carbonyl (C=O) groups excluding carboxylic acids is 1. The van der Waals surface area contributed by atoms with Crippen molar-refractivity contribution in [1.29, 1.82) is 0 Å². The van der Waals surface area contributed by atoms with Gasteiger partial charge in [0.2, 0.25) is 0 Å². The molecule has 5 nitrogen and oxygen atoms in total. The number of pyridine rings is 1. The normalized spacial score (nSPS) is 30.5. The predicted molar refractivity (Wildman–Crippen MR) is 79.1 cm³/mol. The Kier molecular flexibility index (Phi) is 3.04. The zero-order valence-corrected chi connectivity index (χ0v) is 12.2. The highest BCUT2D eigenvalue weighted by atomic mass is 16.4. The van der Waals surface area contributed by atoms with Gasteiger partial charge in [-0.05, 0) is 37.1 Å². The fraction of sp³-hybridized carbons (Fsp3) is 0.412. The molecule has 4 rings (SSSR count). The van der Waals surface area contributed by atoms with Gasteiger partial charge in [0.1, 0.15) is 17.1 Å². The van der Waals surface area contributed by atoms with Crippen molar-refractivity contribution in [1.82, 2.24) is 9.88 Å². The topological polar surface area (TPSA) is 66.6 Å². The van der Waals surface area contributed by atoms with Crippen LogP contribution < -0.4 is 0 Å². The van der Waals surface area contributed by atoms with Crippen LogP contribution >= 0.6 is 0 Å². The molecule has 2 aromatic rings. The summed E-state index contributed by atoms with van der Waals surface area (Å²) in [4.78, 5) is 18.8. The number of aliphatic hydroxyl groups is 1. The minimum absolute atomic E-state index is 0.0328. The van der Waals surface area contributed by atoms with Crippen molar-refractivity contribution in [2.75, 3.05) is 0 Å². The van der Waals surface area contributed by atoms with E-state index in [0.29, 0.717) is 24.3 Å². The van der Waals surface area contributed by atoms with Crippen LogP contribution in [0.3, 0.4) is 0 Å². The molecule has 2 aliphatic heterocycles. The average Bonchev–Trinajstić information content (AvgIpc) is 3.16. The van der Waals surface area contributed by atoms with Gasteiger partial charge in [0.15, 0.2) is 0 Å². The van der Waals surface area contributed by atoms with Crippen molar-refractivity contribution < 1.29 is 14.3 Å². The maximum absolute atomic E-state index is 12.7. The molecule has 0 saturated carbocycles. The lowest BCUT2D eigenvalue weighted by molar-refractivity contribution is -0.0616. The standard InChI is InChI=1S/C17H18N2O3/c20-16(14-4-1-2-8-18-14)19-12-6-7-13(19)11-17(21,10-12)15-5-3-9-22-15/h1-5,8-9,12-13,21H,6-7,10-11H2. The first-order chi connectivity index (χ1) is 10.7. The highest BCUT2D eigenvalue weighted by molar-refractivity contribution is 5.93. The molecule has 2 aromatic heterocycles. The molecule has 2 aliphatic rings. The Labute approximate surface area is 128 Å². The molecule has 5 heteroatoms. The van der Waals surface area contributed by atoms with E-state index in [0.717, 1.165) is 12.8 Å². The lowest BCUT2D eigenvalue weighted by atomic mass is 9.84. The SMILES string of the molecule is O=C(c1ccccn1)N1C2CCC1CC(O)(c1ccco1)C2. The molecule has 0 radical (unpaired) electrons. The molecule has 0 aromatic carbocycles. The van der Waals surface area contributed by atoms with E-state index >= 15 is 0 Å². The molecule has 2 saturated heterocycles. The third-order valence-corrected chi connectivity index (χ3v) is 4.86. The van der Waals surface area contributed by atoms with Crippen LogP contribution in [0.5, 0.6) is 0 Å². The first-order valence-electron chi connectivity index (χ1n) is 7.67. The van der Waals surface area contributed by atoms with Crippen LogP contribution in [0.1, 0.15) is 41.9 Å². The number of carbonyl (C=O) groups is 1. The second-order valence-corrected chi connectivity index (χ2v) is 6.23. The first kappa shape index (κ1) is 13.5. The molecule has 2 bridgehead atoms. The summed E-state index contributed by atoms with van der Waals surface area (Å²) in [5.41, 5.74) is -0.487. The van der Waals surface area contributed by atoms with Crippen LogP contribution in [0.15, 0.2) is 47.2 Å². The molecule has 2 atom stereocenters. The van der Waals surface area contributed by atoms with Gasteiger partial charge in [0.25, 0.3) is 5.91 Å². The summed E-state index contributed by atoms with van der Waals surface area (Å²) >= 11 is 0. The van der Waals surface area contributed by atoms with Gasteiger partial charge in [0, 0.05) is 31.1 Å². The zero-order valence-electron chi connectivity index (χ0n) is 12.2. The van der Waals surface area contributed by atoms with E-state index in [9.17, 15) is 9.90 Å². The van der Waals surface area contributed by atoms with Crippen LogP contribution in [0.25, 0.3) is 0 Å². The van der Waals surface area contributed by atoms with E-state index in [1.165, 1.54) is 0 Å². The summed E-state index contributed by atoms with van der Waals surface area (Å²) in [5, 5.41) is 10.9. The Morgan fingerprint density at radius 3 is 2.59 bits per heavy atom. The maximum Gasteiger partial charge on any atom is 0.272 e. The molecule has 4 heterocycles. The van der Waals surface area contributed by atoms with E-state index in [4.69, 9.17) is 4.42 Å². The summed E-state index contributed by atoms with van der Waals surface area (Å²) in [5.74, 6) is 0.573. The number of nitrogens with zero attached hydrogens (tertiary/aromatic N) is 2. The predicted octanol–water partition coefficient (Wildman–Crippen LogP) is 2.33. The molecule has 0 aliphatic carbocycles. The lowest BCUT2D eigenvalue weighted by Gasteiger charge is -2.42. The fourth-order valence-corrected chi connectivity index (χ4v) is 3.92. The van der Waals surface area contributed by atoms with Gasteiger partial charge in [-0.1, -0.05) is 6.07 Å². The zero-order chi connectivity index (χ0) is 15.2. The second kappa shape index (κ2) is 4.95. The van der Waals surface area contributed by atoms with Gasteiger partial charge >= 0.3 is 0 Å². The van der Waals surface area contributed by atoms with Crippen LogP contribution in [-0.4, -0.2) is 33.0 Å². The highest BCUT2D eigenvalue weighted by Crippen LogP contribution is 2.46.